The Hall–Kier alpha value is -3.88. The third-order valence-corrected chi connectivity index (χ3v) is 5.74. The summed E-state index contributed by atoms with van der Waals surface area (Å²) in [5.41, 5.74) is 1.20. The second-order valence-electron chi connectivity index (χ2n) is 7.71. The van der Waals surface area contributed by atoms with Crippen LogP contribution in [0.2, 0.25) is 0 Å². The van der Waals surface area contributed by atoms with Crippen molar-refractivity contribution in [3.05, 3.63) is 59.9 Å². The summed E-state index contributed by atoms with van der Waals surface area (Å²) in [6.07, 6.45) is 0. The average molecular weight is 435 g/mol. The smallest absolute Gasteiger partial charge is 0.325 e. The van der Waals surface area contributed by atoms with Crippen molar-refractivity contribution in [1.29, 1.82) is 0 Å². The highest BCUT2D eigenvalue weighted by Gasteiger charge is 2.49. The maximum atomic E-state index is 13.0. The summed E-state index contributed by atoms with van der Waals surface area (Å²) >= 11 is 0. The van der Waals surface area contributed by atoms with E-state index in [0.717, 1.165) is 15.9 Å². The molecule has 0 spiro atoms. The number of urea groups is 1. The molecule has 2 N–H and O–H groups in total. The van der Waals surface area contributed by atoms with Crippen molar-refractivity contribution in [2.24, 2.45) is 0 Å². The first kappa shape index (κ1) is 21.4. The van der Waals surface area contributed by atoms with Gasteiger partial charge in [-0.1, -0.05) is 24.3 Å². The highest BCUT2D eigenvalue weighted by atomic mass is 16.5. The number of nitrogens with zero attached hydrogens (tertiary/aromatic N) is 3. The number of carbonyl (C=O) groups excluding carboxylic acids is 3. The molecule has 1 aliphatic heterocycles. The summed E-state index contributed by atoms with van der Waals surface area (Å²) in [6, 6.07) is 14.0. The molecule has 1 unspecified atom stereocenters. The Kier molecular flexibility index (Phi) is 5.56. The van der Waals surface area contributed by atoms with Gasteiger partial charge in [0.2, 0.25) is 5.91 Å². The number of nitrogens with one attached hydrogen (secondary N) is 2. The van der Waals surface area contributed by atoms with Crippen LogP contribution in [0.5, 0.6) is 5.75 Å². The fourth-order valence-corrected chi connectivity index (χ4v) is 3.95. The van der Waals surface area contributed by atoms with E-state index in [-0.39, 0.29) is 13.1 Å². The van der Waals surface area contributed by atoms with Crippen molar-refractivity contribution in [3.63, 3.8) is 0 Å². The zero-order chi connectivity index (χ0) is 22.9. The molecule has 1 aliphatic rings. The number of methoxy groups -OCH3 is 1. The number of aromatic nitrogens is 2. The molecule has 0 saturated carbocycles. The van der Waals surface area contributed by atoms with Gasteiger partial charge >= 0.3 is 6.03 Å². The minimum atomic E-state index is -1.25. The molecule has 3 aromatic rings. The molecule has 2 aromatic carbocycles. The average Bonchev–Trinajstić information content (AvgIpc) is 3.27. The standard InChI is InChI=1S/C23H25N5O4/c1-4-27-18-8-6-5-7-17(18)25-19(27)13-24-20(29)14-28-21(30)23(2,26-22(28)31)15-9-11-16(32-3)12-10-15/h5-12H,4,13-14H2,1-3H3,(H,24,29)(H,26,31). The molecule has 0 radical (unpaired) electrons. The Bertz CT molecular complexity index is 1190. The molecule has 9 heteroatoms. The number of rotatable bonds is 7. The third kappa shape index (κ3) is 3.66. The molecule has 1 atom stereocenters. The van der Waals surface area contributed by atoms with Crippen LogP contribution in [0.4, 0.5) is 4.79 Å². The zero-order valence-corrected chi connectivity index (χ0v) is 18.2. The first-order chi connectivity index (χ1) is 15.4. The van der Waals surface area contributed by atoms with Crippen molar-refractivity contribution in [2.75, 3.05) is 13.7 Å². The fraction of sp³-hybridized carbons (Fsp3) is 0.304. The van der Waals surface area contributed by atoms with Gasteiger partial charge in [0, 0.05) is 6.54 Å². The topological polar surface area (TPSA) is 106 Å². The van der Waals surface area contributed by atoms with Crippen LogP contribution in [0.15, 0.2) is 48.5 Å². The number of fused-ring (bicyclic) bond motifs is 1. The largest absolute Gasteiger partial charge is 0.497 e. The van der Waals surface area contributed by atoms with Crippen LogP contribution in [-0.4, -0.2) is 46.0 Å². The lowest BCUT2D eigenvalue weighted by Gasteiger charge is -2.22. The van der Waals surface area contributed by atoms with Crippen LogP contribution in [0.3, 0.4) is 0 Å². The SMILES string of the molecule is CCn1c(CNC(=O)CN2C(=O)NC(C)(c3ccc(OC)cc3)C2=O)nc2ccccc21. The van der Waals surface area contributed by atoms with Crippen LogP contribution in [-0.2, 0) is 28.2 Å². The number of amides is 4. The van der Waals surface area contributed by atoms with Gasteiger partial charge in [-0.2, -0.15) is 0 Å². The summed E-state index contributed by atoms with van der Waals surface area (Å²) in [4.78, 5) is 43.6. The molecule has 9 nitrogen and oxygen atoms in total. The zero-order valence-electron chi connectivity index (χ0n) is 18.2. The van der Waals surface area contributed by atoms with Gasteiger partial charge < -0.3 is 19.9 Å². The highest BCUT2D eigenvalue weighted by Crippen LogP contribution is 2.29. The van der Waals surface area contributed by atoms with E-state index < -0.39 is 23.4 Å². The maximum Gasteiger partial charge on any atom is 0.325 e. The second-order valence-corrected chi connectivity index (χ2v) is 7.71. The second kappa shape index (κ2) is 8.33. The Balaban J connectivity index is 1.44. The Morgan fingerprint density at radius 1 is 1.16 bits per heavy atom. The molecule has 0 aliphatic carbocycles. The first-order valence-electron chi connectivity index (χ1n) is 10.4. The van der Waals surface area contributed by atoms with Crippen LogP contribution in [0, 0.1) is 0 Å². The minimum absolute atomic E-state index is 0.195. The predicted octanol–water partition coefficient (Wildman–Crippen LogP) is 2.15. The van der Waals surface area contributed by atoms with Crippen molar-refractivity contribution in [1.82, 2.24) is 25.1 Å². The first-order valence-corrected chi connectivity index (χ1v) is 10.4. The number of aryl methyl sites for hydroxylation is 1. The summed E-state index contributed by atoms with van der Waals surface area (Å²) in [7, 11) is 1.55. The van der Waals surface area contributed by atoms with E-state index in [9.17, 15) is 14.4 Å². The van der Waals surface area contributed by atoms with E-state index in [1.807, 2.05) is 35.8 Å². The summed E-state index contributed by atoms with van der Waals surface area (Å²) in [6.45, 7) is 4.16. The van der Waals surface area contributed by atoms with Crippen molar-refractivity contribution >= 4 is 28.9 Å². The number of para-hydroxylation sites is 2. The lowest BCUT2D eigenvalue weighted by Crippen LogP contribution is -2.43. The van der Waals surface area contributed by atoms with Crippen LogP contribution in [0.1, 0.15) is 25.2 Å². The molecule has 0 bridgehead atoms. The van der Waals surface area contributed by atoms with E-state index in [4.69, 9.17) is 4.74 Å². The number of imide groups is 1. The number of hydrogen-bond donors (Lipinski definition) is 2. The number of ether oxygens (including phenoxy) is 1. The molecule has 4 amide bonds. The number of imidazole rings is 1. The van der Waals surface area contributed by atoms with Gasteiger partial charge in [0.05, 0.1) is 24.7 Å². The molecule has 32 heavy (non-hydrogen) atoms. The molecular weight excluding hydrogens is 410 g/mol. The lowest BCUT2D eigenvalue weighted by atomic mass is 9.92. The molecule has 1 saturated heterocycles. The Morgan fingerprint density at radius 2 is 1.88 bits per heavy atom. The summed E-state index contributed by atoms with van der Waals surface area (Å²) in [5, 5.41) is 5.47. The number of hydrogen-bond acceptors (Lipinski definition) is 5. The van der Waals surface area contributed by atoms with Gasteiger partial charge in [-0.05, 0) is 43.7 Å². The molecular formula is C23H25N5O4. The quantitative estimate of drug-likeness (QED) is 0.553. The normalized spacial score (nSPS) is 18.2. The molecule has 1 fully saturated rings. The van der Waals surface area contributed by atoms with Crippen molar-refractivity contribution < 1.29 is 19.1 Å². The van der Waals surface area contributed by atoms with Gasteiger partial charge in [0.25, 0.3) is 5.91 Å². The molecule has 4 rings (SSSR count). The molecule has 166 valence electrons. The van der Waals surface area contributed by atoms with E-state index in [1.54, 1.807) is 38.3 Å². The Morgan fingerprint density at radius 3 is 2.56 bits per heavy atom. The van der Waals surface area contributed by atoms with Crippen molar-refractivity contribution in [2.45, 2.75) is 32.5 Å². The van der Waals surface area contributed by atoms with E-state index in [1.165, 1.54) is 0 Å². The summed E-state index contributed by atoms with van der Waals surface area (Å²) < 4.78 is 7.16. The van der Waals surface area contributed by atoms with E-state index in [2.05, 4.69) is 15.6 Å². The van der Waals surface area contributed by atoms with Gasteiger partial charge in [-0.25, -0.2) is 9.78 Å². The van der Waals surface area contributed by atoms with Gasteiger partial charge in [-0.15, -0.1) is 0 Å². The fourth-order valence-electron chi connectivity index (χ4n) is 3.95. The van der Waals surface area contributed by atoms with Gasteiger partial charge in [0.15, 0.2) is 0 Å². The summed E-state index contributed by atoms with van der Waals surface area (Å²) in [5.74, 6) is 0.427. The van der Waals surface area contributed by atoms with Gasteiger partial charge in [0.1, 0.15) is 23.7 Å². The predicted molar refractivity (Wildman–Crippen MR) is 118 cm³/mol. The van der Waals surface area contributed by atoms with E-state index >= 15 is 0 Å². The number of benzene rings is 2. The van der Waals surface area contributed by atoms with Crippen LogP contribution >= 0.6 is 0 Å². The highest BCUT2D eigenvalue weighted by molar-refractivity contribution is 6.09. The van der Waals surface area contributed by atoms with Crippen molar-refractivity contribution in [3.8, 4) is 5.75 Å². The third-order valence-electron chi connectivity index (χ3n) is 5.74. The number of carbonyl (C=O) groups is 3. The lowest BCUT2D eigenvalue weighted by molar-refractivity contribution is -0.134. The molecule has 1 aromatic heterocycles. The van der Waals surface area contributed by atoms with Gasteiger partial charge in [-0.3, -0.25) is 14.5 Å². The monoisotopic (exact) mass is 435 g/mol. The van der Waals surface area contributed by atoms with Crippen LogP contribution in [0.25, 0.3) is 11.0 Å². The maximum absolute atomic E-state index is 13.0. The van der Waals surface area contributed by atoms with Crippen LogP contribution < -0.4 is 15.4 Å². The Labute approximate surface area is 185 Å². The van der Waals surface area contributed by atoms with E-state index in [0.29, 0.717) is 23.7 Å². The minimum Gasteiger partial charge on any atom is -0.497 e. The molecule has 2 heterocycles.